The first-order chi connectivity index (χ1) is 8.55. The van der Waals surface area contributed by atoms with Crippen LogP contribution in [0.3, 0.4) is 0 Å². The van der Waals surface area contributed by atoms with Crippen molar-refractivity contribution >= 4 is 11.3 Å². The van der Waals surface area contributed by atoms with Crippen LogP contribution >= 0.6 is 11.3 Å². The zero-order valence-corrected chi connectivity index (χ0v) is 11.5. The van der Waals surface area contributed by atoms with Crippen LogP contribution < -0.4 is 5.73 Å². The fraction of sp³-hybridized carbons (Fsp3) is 0.429. The highest BCUT2D eigenvalue weighted by Crippen LogP contribution is 2.46. The van der Waals surface area contributed by atoms with Gasteiger partial charge in [0.05, 0.1) is 5.69 Å². The number of hydrogen-bond donors (Lipinski definition) is 1. The average molecular weight is 259 g/mol. The molecule has 0 aliphatic heterocycles. The first-order valence-electron chi connectivity index (χ1n) is 6.26. The van der Waals surface area contributed by atoms with Crippen LogP contribution in [-0.4, -0.2) is 9.97 Å². The Morgan fingerprint density at radius 2 is 1.94 bits per heavy atom. The SMILES string of the molecule is CC(C)(N)c1sc(-c2ccncc2)nc1C1CC1. The molecule has 2 aromatic rings. The van der Waals surface area contributed by atoms with E-state index < -0.39 is 0 Å². The second-order valence-electron chi connectivity index (χ2n) is 5.47. The number of nitrogens with zero attached hydrogens (tertiary/aromatic N) is 2. The molecule has 0 saturated heterocycles. The maximum atomic E-state index is 6.27. The first-order valence-corrected chi connectivity index (χ1v) is 7.08. The van der Waals surface area contributed by atoms with E-state index in [0.29, 0.717) is 5.92 Å². The molecule has 0 unspecified atom stereocenters. The van der Waals surface area contributed by atoms with E-state index in [1.54, 1.807) is 23.7 Å². The van der Waals surface area contributed by atoms with Crippen LogP contribution in [0.15, 0.2) is 24.5 Å². The topological polar surface area (TPSA) is 51.8 Å². The van der Waals surface area contributed by atoms with E-state index >= 15 is 0 Å². The molecule has 2 heterocycles. The Labute approximate surface area is 111 Å². The summed E-state index contributed by atoms with van der Waals surface area (Å²) in [6, 6.07) is 4.01. The number of pyridine rings is 1. The zero-order valence-electron chi connectivity index (χ0n) is 10.7. The smallest absolute Gasteiger partial charge is 0.124 e. The van der Waals surface area contributed by atoms with Crippen molar-refractivity contribution in [3.8, 4) is 10.6 Å². The lowest BCUT2D eigenvalue weighted by Crippen LogP contribution is -2.28. The van der Waals surface area contributed by atoms with Crippen molar-refractivity contribution in [3.05, 3.63) is 35.1 Å². The average Bonchev–Trinajstić information content (AvgIpc) is 3.07. The molecule has 1 aliphatic rings. The monoisotopic (exact) mass is 259 g/mol. The summed E-state index contributed by atoms with van der Waals surface area (Å²) in [6.07, 6.45) is 6.12. The van der Waals surface area contributed by atoms with Crippen molar-refractivity contribution in [1.29, 1.82) is 0 Å². The van der Waals surface area contributed by atoms with E-state index in [-0.39, 0.29) is 5.54 Å². The van der Waals surface area contributed by atoms with Crippen LogP contribution in [0, 0.1) is 0 Å². The highest BCUT2D eigenvalue weighted by molar-refractivity contribution is 7.15. The van der Waals surface area contributed by atoms with Crippen molar-refractivity contribution in [2.75, 3.05) is 0 Å². The molecular formula is C14H17N3S. The van der Waals surface area contributed by atoms with Crippen molar-refractivity contribution in [3.63, 3.8) is 0 Å². The standard InChI is InChI=1S/C14H17N3S/c1-14(2,15)12-11(9-3-4-9)17-13(18-12)10-5-7-16-8-6-10/h5-9H,3-4,15H2,1-2H3. The third kappa shape index (κ3) is 2.18. The van der Waals surface area contributed by atoms with E-state index in [0.717, 1.165) is 10.6 Å². The second kappa shape index (κ2) is 4.14. The lowest BCUT2D eigenvalue weighted by atomic mass is 10.0. The maximum absolute atomic E-state index is 6.27. The Morgan fingerprint density at radius 1 is 1.28 bits per heavy atom. The number of thiazole rings is 1. The van der Waals surface area contributed by atoms with Gasteiger partial charge in [0.2, 0.25) is 0 Å². The molecule has 4 heteroatoms. The third-order valence-electron chi connectivity index (χ3n) is 3.13. The second-order valence-corrected chi connectivity index (χ2v) is 6.46. The Hall–Kier alpha value is -1.26. The summed E-state index contributed by atoms with van der Waals surface area (Å²) in [5, 5.41) is 1.06. The lowest BCUT2D eigenvalue weighted by Gasteiger charge is -2.17. The molecule has 0 aromatic carbocycles. The molecule has 2 aromatic heterocycles. The van der Waals surface area contributed by atoms with Crippen LogP contribution in [-0.2, 0) is 5.54 Å². The molecule has 3 nitrogen and oxygen atoms in total. The zero-order chi connectivity index (χ0) is 12.8. The number of rotatable bonds is 3. The molecule has 1 saturated carbocycles. The molecule has 1 aliphatic carbocycles. The molecule has 1 fully saturated rings. The van der Waals surface area contributed by atoms with Crippen LogP contribution in [0.25, 0.3) is 10.6 Å². The summed E-state index contributed by atoms with van der Waals surface area (Å²) in [5.74, 6) is 0.634. The third-order valence-corrected chi connectivity index (χ3v) is 4.59. The van der Waals surface area contributed by atoms with E-state index in [4.69, 9.17) is 10.7 Å². The Bertz CT molecular complexity index is 550. The van der Waals surface area contributed by atoms with Crippen LogP contribution in [0.4, 0.5) is 0 Å². The van der Waals surface area contributed by atoms with Gasteiger partial charge < -0.3 is 5.73 Å². The minimum Gasteiger partial charge on any atom is -0.321 e. The molecular weight excluding hydrogens is 242 g/mol. The maximum Gasteiger partial charge on any atom is 0.124 e. The molecule has 0 atom stereocenters. The quantitative estimate of drug-likeness (QED) is 0.920. The van der Waals surface area contributed by atoms with E-state index in [2.05, 4.69) is 18.8 Å². The van der Waals surface area contributed by atoms with Gasteiger partial charge in [-0.2, -0.15) is 0 Å². The highest BCUT2D eigenvalue weighted by atomic mass is 32.1. The molecule has 0 amide bonds. The van der Waals surface area contributed by atoms with Gasteiger partial charge in [0.25, 0.3) is 0 Å². The summed E-state index contributed by atoms with van der Waals surface area (Å²) in [7, 11) is 0. The van der Waals surface area contributed by atoms with Gasteiger partial charge in [-0.05, 0) is 38.8 Å². The Balaban J connectivity index is 2.08. The van der Waals surface area contributed by atoms with Gasteiger partial charge in [-0.15, -0.1) is 11.3 Å². The molecule has 94 valence electrons. The molecule has 0 radical (unpaired) electrons. The van der Waals surface area contributed by atoms with Gasteiger partial charge in [-0.1, -0.05) is 0 Å². The summed E-state index contributed by atoms with van der Waals surface area (Å²) in [6.45, 7) is 4.12. The van der Waals surface area contributed by atoms with Crippen molar-refractivity contribution in [2.45, 2.75) is 38.1 Å². The molecule has 3 rings (SSSR count). The van der Waals surface area contributed by atoms with Gasteiger partial charge in [0.1, 0.15) is 5.01 Å². The van der Waals surface area contributed by atoms with E-state index in [1.165, 1.54) is 23.4 Å². The first kappa shape index (κ1) is 11.8. The van der Waals surface area contributed by atoms with Gasteiger partial charge in [-0.3, -0.25) is 4.98 Å². The van der Waals surface area contributed by atoms with Crippen molar-refractivity contribution in [2.24, 2.45) is 5.73 Å². The summed E-state index contributed by atoms with van der Waals surface area (Å²) >= 11 is 1.72. The number of hydrogen-bond acceptors (Lipinski definition) is 4. The van der Waals surface area contributed by atoms with Crippen molar-refractivity contribution < 1.29 is 0 Å². The molecule has 18 heavy (non-hydrogen) atoms. The lowest BCUT2D eigenvalue weighted by molar-refractivity contribution is 0.559. The predicted octanol–water partition coefficient (Wildman–Crippen LogP) is 3.28. The van der Waals surface area contributed by atoms with Crippen LogP contribution in [0.2, 0.25) is 0 Å². The number of nitrogens with two attached hydrogens (primary N) is 1. The van der Waals surface area contributed by atoms with E-state index in [9.17, 15) is 0 Å². The van der Waals surface area contributed by atoms with Gasteiger partial charge in [0, 0.05) is 34.3 Å². The fourth-order valence-electron chi connectivity index (χ4n) is 2.04. The minimum absolute atomic E-state index is 0.305. The van der Waals surface area contributed by atoms with Crippen molar-refractivity contribution in [1.82, 2.24) is 9.97 Å². The molecule has 0 bridgehead atoms. The number of aromatic nitrogens is 2. The predicted molar refractivity (Wildman–Crippen MR) is 74.5 cm³/mol. The Kier molecular flexibility index (Phi) is 2.72. The normalized spacial score (nSPS) is 15.9. The van der Waals surface area contributed by atoms with E-state index in [1.807, 2.05) is 12.1 Å². The largest absolute Gasteiger partial charge is 0.321 e. The van der Waals surface area contributed by atoms with Crippen LogP contribution in [0.1, 0.15) is 43.2 Å². The van der Waals surface area contributed by atoms with Gasteiger partial charge in [0.15, 0.2) is 0 Å². The molecule has 2 N–H and O–H groups in total. The highest BCUT2D eigenvalue weighted by Gasteiger charge is 2.34. The fourth-order valence-corrected chi connectivity index (χ4v) is 3.22. The minimum atomic E-state index is -0.305. The summed E-state index contributed by atoms with van der Waals surface area (Å²) < 4.78 is 0. The van der Waals surface area contributed by atoms with Gasteiger partial charge >= 0.3 is 0 Å². The summed E-state index contributed by atoms with van der Waals surface area (Å²) in [5.41, 5.74) is 8.32. The Morgan fingerprint density at radius 3 is 2.50 bits per heavy atom. The van der Waals surface area contributed by atoms with Gasteiger partial charge in [-0.25, -0.2) is 4.98 Å². The van der Waals surface area contributed by atoms with Crippen LogP contribution in [0.5, 0.6) is 0 Å². The molecule has 0 spiro atoms. The summed E-state index contributed by atoms with van der Waals surface area (Å²) in [4.78, 5) is 10.1.